The zero-order chi connectivity index (χ0) is 13.1. The van der Waals surface area contributed by atoms with Crippen molar-refractivity contribution in [2.75, 3.05) is 5.32 Å². The van der Waals surface area contributed by atoms with E-state index in [1.807, 2.05) is 20.2 Å². The molecule has 0 atom stereocenters. The second kappa shape index (κ2) is 4.78. The highest BCUT2D eigenvalue weighted by Gasteiger charge is 2.07. The average Bonchev–Trinajstić information content (AvgIpc) is 2.66. The molecular weight excluding hydrogens is 236 g/mol. The monoisotopic (exact) mass is 248 g/mol. The number of hydrogen-bond donors (Lipinski definition) is 1. The summed E-state index contributed by atoms with van der Waals surface area (Å²) in [6, 6.07) is 0. The van der Waals surface area contributed by atoms with Crippen molar-refractivity contribution >= 4 is 11.6 Å². The molecule has 2 aromatic heterocycles. The number of hydrogen-bond acceptors (Lipinski definition) is 6. The number of nitrogens with one attached hydrogen (secondary N) is 1. The van der Waals surface area contributed by atoms with Gasteiger partial charge in [0, 0.05) is 25.4 Å². The Hall–Kier alpha value is -2.51. The van der Waals surface area contributed by atoms with Crippen molar-refractivity contribution in [2.24, 2.45) is 7.05 Å². The van der Waals surface area contributed by atoms with Gasteiger partial charge >= 0.3 is 5.69 Å². The van der Waals surface area contributed by atoms with Gasteiger partial charge in [-0.05, 0) is 6.92 Å². The van der Waals surface area contributed by atoms with Gasteiger partial charge in [0.25, 0.3) is 0 Å². The second-order valence-corrected chi connectivity index (χ2v) is 3.79. The first-order chi connectivity index (χ1) is 8.56. The van der Waals surface area contributed by atoms with E-state index in [-0.39, 0.29) is 5.69 Å². The third-order valence-corrected chi connectivity index (χ3v) is 2.40. The summed E-state index contributed by atoms with van der Waals surface area (Å²) in [5.74, 6) is 0.351. The number of aryl methyl sites for hydroxylation is 2. The van der Waals surface area contributed by atoms with Gasteiger partial charge in [0.1, 0.15) is 12.4 Å². The van der Waals surface area contributed by atoms with Gasteiger partial charge < -0.3 is 5.32 Å². The van der Waals surface area contributed by atoms with Crippen molar-refractivity contribution in [1.82, 2.24) is 19.7 Å². The van der Waals surface area contributed by atoms with E-state index in [4.69, 9.17) is 0 Å². The van der Waals surface area contributed by atoms with Crippen molar-refractivity contribution in [3.63, 3.8) is 0 Å². The molecule has 0 amide bonds. The highest BCUT2D eigenvalue weighted by atomic mass is 16.6. The summed E-state index contributed by atoms with van der Waals surface area (Å²) in [5.41, 5.74) is 1.82. The van der Waals surface area contributed by atoms with Crippen LogP contribution in [0.15, 0.2) is 18.6 Å². The predicted octanol–water partition coefficient (Wildman–Crippen LogP) is 1.04. The summed E-state index contributed by atoms with van der Waals surface area (Å²) in [6.07, 6.45) is 4.24. The van der Waals surface area contributed by atoms with Crippen LogP contribution in [0.25, 0.3) is 0 Å². The van der Waals surface area contributed by atoms with E-state index in [1.54, 1.807) is 4.68 Å². The highest BCUT2D eigenvalue weighted by molar-refractivity contribution is 5.32. The van der Waals surface area contributed by atoms with E-state index in [0.29, 0.717) is 12.5 Å². The Morgan fingerprint density at radius 2 is 2.11 bits per heavy atom. The van der Waals surface area contributed by atoms with E-state index in [1.165, 1.54) is 12.4 Å². The lowest BCUT2D eigenvalue weighted by molar-refractivity contribution is -0.385. The minimum absolute atomic E-state index is 0.127. The van der Waals surface area contributed by atoms with Crippen LogP contribution in [0.5, 0.6) is 0 Å². The minimum atomic E-state index is -0.533. The first-order valence-corrected chi connectivity index (χ1v) is 5.25. The summed E-state index contributed by atoms with van der Waals surface area (Å²) >= 11 is 0. The molecular formula is C10H12N6O2. The largest absolute Gasteiger partial charge is 0.350 e. The second-order valence-electron chi connectivity index (χ2n) is 3.79. The van der Waals surface area contributed by atoms with Gasteiger partial charge in [0.05, 0.1) is 10.6 Å². The van der Waals surface area contributed by atoms with E-state index >= 15 is 0 Å². The lowest BCUT2D eigenvalue weighted by Crippen LogP contribution is -2.04. The van der Waals surface area contributed by atoms with Crippen LogP contribution in [0, 0.1) is 17.0 Å². The molecule has 0 unspecified atom stereocenters. The van der Waals surface area contributed by atoms with Gasteiger partial charge in [-0.2, -0.15) is 5.10 Å². The SMILES string of the molecule is Cc1nn(C)cc1CNc1ncc([N+](=O)[O-])cn1. The molecule has 8 nitrogen and oxygen atoms in total. The smallest absolute Gasteiger partial charge is 0.305 e. The van der Waals surface area contributed by atoms with E-state index in [9.17, 15) is 10.1 Å². The van der Waals surface area contributed by atoms with Crippen LogP contribution in [-0.4, -0.2) is 24.7 Å². The van der Waals surface area contributed by atoms with Crippen LogP contribution in [0.4, 0.5) is 11.6 Å². The predicted molar refractivity (Wildman–Crippen MR) is 64.0 cm³/mol. The molecule has 0 aliphatic heterocycles. The maximum absolute atomic E-state index is 10.4. The highest BCUT2D eigenvalue weighted by Crippen LogP contribution is 2.10. The quantitative estimate of drug-likeness (QED) is 0.641. The van der Waals surface area contributed by atoms with Crippen molar-refractivity contribution < 1.29 is 4.92 Å². The third-order valence-electron chi connectivity index (χ3n) is 2.40. The number of rotatable bonds is 4. The molecule has 94 valence electrons. The third kappa shape index (κ3) is 2.59. The Morgan fingerprint density at radius 1 is 1.44 bits per heavy atom. The molecule has 0 aliphatic rings. The Labute approximate surface area is 103 Å². The van der Waals surface area contributed by atoms with Crippen LogP contribution in [0.1, 0.15) is 11.3 Å². The Morgan fingerprint density at radius 3 is 2.61 bits per heavy atom. The van der Waals surface area contributed by atoms with Crippen molar-refractivity contribution in [2.45, 2.75) is 13.5 Å². The molecule has 8 heteroatoms. The van der Waals surface area contributed by atoms with Gasteiger partial charge in [0.2, 0.25) is 5.95 Å². The molecule has 0 saturated heterocycles. The van der Waals surface area contributed by atoms with Crippen LogP contribution < -0.4 is 5.32 Å². The molecule has 0 fully saturated rings. The van der Waals surface area contributed by atoms with Crippen molar-refractivity contribution in [1.29, 1.82) is 0 Å². The van der Waals surface area contributed by atoms with Gasteiger partial charge in [0.15, 0.2) is 0 Å². The van der Waals surface area contributed by atoms with Crippen LogP contribution in [0.3, 0.4) is 0 Å². The van der Waals surface area contributed by atoms with Crippen molar-refractivity contribution in [3.05, 3.63) is 40.0 Å². The molecule has 0 aliphatic carbocycles. The maximum atomic E-state index is 10.4. The molecule has 0 spiro atoms. The molecule has 0 saturated carbocycles. The molecule has 0 bridgehead atoms. The zero-order valence-electron chi connectivity index (χ0n) is 9.99. The molecule has 2 rings (SSSR count). The molecule has 0 radical (unpaired) electrons. The zero-order valence-corrected chi connectivity index (χ0v) is 9.99. The lowest BCUT2D eigenvalue weighted by atomic mass is 10.3. The molecule has 0 aromatic carbocycles. The van der Waals surface area contributed by atoms with E-state index < -0.39 is 4.92 Å². The summed E-state index contributed by atoms with van der Waals surface area (Å²) in [7, 11) is 1.85. The first-order valence-electron chi connectivity index (χ1n) is 5.25. The number of nitrogens with zero attached hydrogens (tertiary/aromatic N) is 5. The first kappa shape index (κ1) is 12.0. The molecule has 18 heavy (non-hydrogen) atoms. The molecule has 1 N–H and O–H groups in total. The Bertz CT molecular complexity index is 562. The van der Waals surface area contributed by atoms with Gasteiger partial charge in [-0.3, -0.25) is 14.8 Å². The van der Waals surface area contributed by atoms with Crippen LogP contribution in [0.2, 0.25) is 0 Å². The summed E-state index contributed by atoms with van der Waals surface area (Å²) < 4.78 is 1.73. The average molecular weight is 248 g/mol. The van der Waals surface area contributed by atoms with Crippen molar-refractivity contribution in [3.8, 4) is 0 Å². The standard InChI is InChI=1S/C10H12N6O2/c1-7-8(6-15(2)14-7)3-11-10-12-4-9(5-13-10)16(17)18/h4-6H,3H2,1-2H3,(H,11,12,13). The summed E-state index contributed by atoms with van der Waals surface area (Å²) in [4.78, 5) is 17.6. The minimum Gasteiger partial charge on any atom is -0.350 e. The topological polar surface area (TPSA) is 98.8 Å². The maximum Gasteiger partial charge on any atom is 0.305 e. The normalized spacial score (nSPS) is 10.3. The van der Waals surface area contributed by atoms with Gasteiger partial charge in [-0.25, -0.2) is 9.97 Å². The van der Waals surface area contributed by atoms with Gasteiger partial charge in [-0.15, -0.1) is 0 Å². The number of anilines is 1. The Kier molecular flexibility index (Phi) is 3.18. The Balaban J connectivity index is 2.02. The van der Waals surface area contributed by atoms with Crippen LogP contribution in [-0.2, 0) is 13.6 Å². The fourth-order valence-electron chi connectivity index (χ4n) is 1.50. The van der Waals surface area contributed by atoms with Gasteiger partial charge in [-0.1, -0.05) is 0 Å². The fraction of sp³-hybridized carbons (Fsp3) is 0.300. The molecule has 2 aromatic rings. The molecule has 2 heterocycles. The van der Waals surface area contributed by atoms with E-state index in [2.05, 4.69) is 20.4 Å². The van der Waals surface area contributed by atoms with Crippen LogP contribution >= 0.6 is 0 Å². The van der Waals surface area contributed by atoms with E-state index in [0.717, 1.165) is 11.3 Å². The summed E-state index contributed by atoms with van der Waals surface area (Å²) in [5, 5.41) is 17.6. The fourth-order valence-corrected chi connectivity index (χ4v) is 1.50. The lowest BCUT2D eigenvalue weighted by Gasteiger charge is -2.02. The number of aromatic nitrogens is 4. The number of nitro groups is 1. The summed E-state index contributed by atoms with van der Waals surface area (Å²) in [6.45, 7) is 2.44.